The molecule has 0 unspecified atom stereocenters. The Bertz CT molecular complexity index is 346. The van der Waals surface area contributed by atoms with Gasteiger partial charge in [-0.3, -0.25) is 0 Å². The number of nitrogen functional groups attached to an aromatic ring is 1. The van der Waals surface area contributed by atoms with E-state index >= 15 is 0 Å². The minimum atomic E-state index is -0.290. The molecule has 4 heteroatoms. The zero-order valence-electron chi connectivity index (χ0n) is 8.91. The monoisotopic (exact) mass is 209 g/mol. The standard InChI is InChI=1S/C11H16FN3/c1-14-5-7-15(8-6-14)10-4-2-3-9(13)11(10)12/h2-4H,5-8,13H2,1H3. The predicted octanol–water partition coefficient (Wildman–Crippen LogP) is 1.16. The third-order valence-electron chi connectivity index (χ3n) is 2.85. The molecule has 2 rings (SSSR count). The fraction of sp³-hybridized carbons (Fsp3) is 0.455. The molecule has 0 aliphatic carbocycles. The van der Waals surface area contributed by atoms with Crippen molar-refractivity contribution in [3.63, 3.8) is 0 Å². The van der Waals surface area contributed by atoms with Crippen LogP contribution in [0.2, 0.25) is 0 Å². The summed E-state index contributed by atoms with van der Waals surface area (Å²) in [5.74, 6) is -0.290. The molecular formula is C11H16FN3. The second-order valence-corrected chi connectivity index (χ2v) is 3.97. The molecule has 0 atom stereocenters. The fourth-order valence-corrected chi connectivity index (χ4v) is 1.83. The molecule has 1 saturated heterocycles. The highest BCUT2D eigenvalue weighted by Crippen LogP contribution is 2.24. The van der Waals surface area contributed by atoms with Crippen LogP contribution in [0.4, 0.5) is 15.8 Å². The molecule has 1 heterocycles. The molecule has 15 heavy (non-hydrogen) atoms. The Balaban J connectivity index is 2.19. The summed E-state index contributed by atoms with van der Waals surface area (Å²) in [5.41, 5.74) is 6.40. The summed E-state index contributed by atoms with van der Waals surface area (Å²) in [5, 5.41) is 0. The van der Waals surface area contributed by atoms with Gasteiger partial charge in [0, 0.05) is 26.2 Å². The van der Waals surface area contributed by atoms with Gasteiger partial charge < -0.3 is 15.5 Å². The number of halogens is 1. The van der Waals surface area contributed by atoms with E-state index in [1.54, 1.807) is 18.2 Å². The topological polar surface area (TPSA) is 32.5 Å². The third kappa shape index (κ3) is 2.04. The Hall–Kier alpha value is -1.29. The lowest BCUT2D eigenvalue weighted by atomic mass is 10.2. The molecule has 0 radical (unpaired) electrons. The highest BCUT2D eigenvalue weighted by Gasteiger charge is 2.17. The second kappa shape index (κ2) is 4.06. The zero-order valence-corrected chi connectivity index (χ0v) is 8.91. The first-order chi connectivity index (χ1) is 7.18. The third-order valence-corrected chi connectivity index (χ3v) is 2.85. The smallest absolute Gasteiger partial charge is 0.169 e. The molecule has 3 nitrogen and oxygen atoms in total. The lowest BCUT2D eigenvalue weighted by Crippen LogP contribution is -2.44. The van der Waals surface area contributed by atoms with Crippen molar-refractivity contribution in [1.82, 2.24) is 4.90 Å². The molecule has 2 N–H and O–H groups in total. The number of piperazine rings is 1. The summed E-state index contributed by atoms with van der Waals surface area (Å²) in [7, 11) is 2.08. The molecule has 0 amide bonds. The van der Waals surface area contributed by atoms with Crippen LogP contribution >= 0.6 is 0 Å². The summed E-state index contributed by atoms with van der Waals surface area (Å²) in [6, 6.07) is 5.18. The van der Waals surface area contributed by atoms with Crippen LogP contribution in [0.15, 0.2) is 18.2 Å². The molecule has 1 fully saturated rings. The van der Waals surface area contributed by atoms with Crippen molar-refractivity contribution in [2.24, 2.45) is 0 Å². The Morgan fingerprint density at radius 1 is 1.20 bits per heavy atom. The van der Waals surface area contributed by atoms with Crippen LogP contribution in [0.1, 0.15) is 0 Å². The number of nitrogens with two attached hydrogens (primary N) is 1. The van der Waals surface area contributed by atoms with Crippen molar-refractivity contribution in [2.75, 3.05) is 43.9 Å². The van der Waals surface area contributed by atoms with Crippen molar-refractivity contribution in [3.8, 4) is 0 Å². The van der Waals surface area contributed by atoms with E-state index in [4.69, 9.17) is 5.73 Å². The minimum Gasteiger partial charge on any atom is -0.396 e. The van der Waals surface area contributed by atoms with E-state index in [1.807, 2.05) is 4.90 Å². The van der Waals surface area contributed by atoms with Crippen molar-refractivity contribution < 1.29 is 4.39 Å². The average molecular weight is 209 g/mol. The molecule has 0 aromatic heterocycles. The second-order valence-electron chi connectivity index (χ2n) is 3.97. The number of hydrogen-bond acceptors (Lipinski definition) is 3. The van der Waals surface area contributed by atoms with Gasteiger partial charge >= 0.3 is 0 Å². The van der Waals surface area contributed by atoms with E-state index in [1.165, 1.54) is 0 Å². The van der Waals surface area contributed by atoms with Gasteiger partial charge in [0.15, 0.2) is 5.82 Å². The molecule has 1 aliphatic rings. The van der Waals surface area contributed by atoms with E-state index in [9.17, 15) is 4.39 Å². The number of nitrogens with zero attached hydrogens (tertiary/aromatic N) is 2. The largest absolute Gasteiger partial charge is 0.396 e. The van der Waals surface area contributed by atoms with Gasteiger partial charge in [-0.05, 0) is 19.2 Å². The van der Waals surface area contributed by atoms with E-state index in [0.717, 1.165) is 26.2 Å². The maximum atomic E-state index is 13.7. The van der Waals surface area contributed by atoms with Crippen LogP contribution in [-0.4, -0.2) is 38.1 Å². The number of anilines is 2. The first-order valence-electron chi connectivity index (χ1n) is 5.16. The molecule has 82 valence electrons. The first-order valence-corrected chi connectivity index (χ1v) is 5.16. The van der Waals surface area contributed by atoms with E-state index in [-0.39, 0.29) is 11.5 Å². The summed E-state index contributed by atoms with van der Waals surface area (Å²) in [6.07, 6.45) is 0. The predicted molar refractivity (Wildman–Crippen MR) is 60.5 cm³/mol. The SMILES string of the molecule is CN1CCN(c2cccc(N)c2F)CC1. The van der Waals surface area contributed by atoms with Gasteiger partial charge in [-0.15, -0.1) is 0 Å². The van der Waals surface area contributed by atoms with Gasteiger partial charge in [0.25, 0.3) is 0 Å². The molecule has 1 aliphatic heterocycles. The van der Waals surface area contributed by atoms with Crippen LogP contribution < -0.4 is 10.6 Å². The normalized spacial score (nSPS) is 18.1. The lowest BCUT2D eigenvalue weighted by Gasteiger charge is -2.34. The van der Waals surface area contributed by atoms with Crippen molar-refractivity contribution in [1.29, 1.82) is 0 Å². The van der Waals surface area contributed by atoms with Crippen LogP contribution in [0.25, 0.3) is 0 Å². The van der Waals surface area contributed by atoms with Gasteiger partial charge in [0.2, 0.25) is 0 Å². The summed E-state index contributed by atoms with van der Waals surface area (Å²) in [6.45, 7) is 3.65. The fourth-order valence-electron chi connectivity index (χ4n) is 1.83. The van der Waals surface area contributed by atoms with Crippen LogP contribution in [0.5, 0.6) is 0 Å². The first kappa shape index (κ1) is 10.2. The minimum absolute atomic E-state index is 0.228. The summed E-state index contributed by atoms with van der Waals surface area (Å²) < 4.78 is 13.7. The summed E-state index contributed by atoms with van der Waals surface area (Å²) in [4.78, 5) is 4.28. The van der Waals surface area contributed by atoms with Gasteiger partial charge in [-0.25, -0.2) is 4.39 Å². The highest BCUT2D eigenvalue weighted by molar-refractivity contribution is 5.58. The lowest BCUT2D eigenvalue weighted by molar-refractivity contribution is 0.312. The van der Waals surface area contributed by atoms with Gasteiger partial charge in [0.05, 0.1) is 11.4 Å². The van der Waals surface area contributed by atoms with Crippen molar-refractivity contribution in [2.45, 2.75) is 0 Å². The molecule has 1 aromatic carbocycles. The molecule has 1 aromatic rings. The van der Waals surface area contributed by atoms with Crippen LogP contribution in [-0.2, 0) is 0 Å². The molecule has 0 bridgehead atoms. The average Bonchev–Trinajstić information content (AvgIpc) is 2.24. The zero-order chi connectivity index (χ0) is 10.8. The quantitative estimate of drug-likeness (QED) is 0.704. The van der Waals surface area contributed by atoms with Crippen molar-refractivity contribution >= 4 is 11.4 Å². The number of benzene rings is 1. The summed E-state index contributed by atoms with van der Waals surface area (Å²) >= 11 is 0. The Morgan fingerprint density at radius 2 is 1.87 bits per heavy atom. The van der Waals surface area contributed by atoms with Crippen LogP contribution in [0, 0.1) is 5.82 Å². The maximum absolute atomic E-state index is 13.7. The molecule has 0 spiro atoms. The highest BCUT2D eigenvalue weighted by atomic mass is 19.1. The molecular weight excluding hydrogens is 193 g/mol. The van der Waals surface area contributed by atoms with E-state index in [0.29, 0.717) is 5.69 Å². The van der Waals surface area contributed by atoms with E-state index in [2.05, 4.69) is 11.9 Å². The van der Waals surface area contributed by atoms with Gasteiger partial charge in [-0.1, -0.05) is 6.07 Å². The van der Waals surface area contributed by atoms with Gasteiger partial charge in [-0.2, -0.15) is 0 Å². The Morgan fingerprint density at radius 3 is 2.53 bits per heavy atom. The van der Waals surface area contributed by atoms with Crippen LogP contribution in [0.3, 0.4) is 0 Å². The Labute approximate surface area is 89.3 Å². The number of likely N-dealkylation sites (N-methyl/N-ethyl adjacent to an activating group) is 1. The Kier molecular flexibility index (Phi) is 2.77. The number of rotatable bonds is 1. The maximum Gasteiger partial charge on any atom is 0.169 e. The molecule has 0 saturated carbocycles. The van der Waals surface area contributed by atoms with Crippen molar-refractivity contribution in [3.05, 3.63) is 24.0 Å². The van der Waals surface area contributed by atoms with E-state index < -0.39 is 0 Å². The number of hydrogen-bond donors (Lipinski definition) is 1. The van der Waals surface area contributed by atoms with Gasteiger partial charge in [0.1, 0.15) is 0 Å².